The van der Waals surface area contributed by atoms with Gasteiger partial charge in [-0.1, -0.05) is 12.1 Å². The van der Waals surface area contributed by atoms with Crippen LogP contribution in [0, 0.1) is 13.8 Å². The SMILES string of the molecule is COc1cc2c(cc1OC)C[NH+](CC(=O)Nc1cccc(C)c1C)CC2. The summed E-state index contributed by atoms with van der Waals surface area (Å²) < 4.78 is 10.8. The summed E-state index contributed by atoms with van der Waals surface area (Å²) in [6.45, 7) is 6.30. The zero-order valence-corrected chi connectivity index (χ0v) is 15.9. The van der Waals surface area contributed by atoms with E-state index >= 15 is 0 Å². The van der Waals surface area contributed by atoms with Gasteiger partial charge in [-0.3, -0.25) is 4.79 Å². The van der Waals surface area contributed by atoms with Gasteiger partial charge in [0, 0.05) is 17.7 Å². The zero-order valence-electron chi connectivity index (χ0n) is 15.9. The monoisotopic (exact) mass is 355 g/mol. The smallest absolute Gasteiger partial charge is 0.279 e. The Kier molecular flexibility index (Phi) is 5.47. The average molecular weight is 355 g/mol. The molecule has 3 rings (SSSR count). The largest absolute Gasteiger partial charge is 0.493 e. The Morgan fingerprint density at radius 2 is 1.81 bits per heavy atom. The van der Waals surface area contributed by atoms with Gasteiger partial charge in [-0.25, -0.2) is 0 Å². The van der Waals surface area contributed by atoms with Gasteiger partial charge < -0.3 is 19.7 Å². The van der Waals surface area contributed by atoms with E-state index in [1.165, 1.54) is 21.6 Å². The summed E-state index contributed by atoms with van der Waals surface area (Å²) in [7, 11) is 3.30. The number of hydrogen-bond donors (Lipinski definition) is 2. The summed E-state index contributed by atoms with van der Waals surface area (Å²) in [5.41, 5.74) is 5.71. The molecule has 0 saturated heterocycles. The fraction of sp³-hybridized carbons (Fsp3) is 0.381. The molecule has 1 atom stereocenters. The normalized spacial score (nSPS) is 15.9. The molecule has 1 aliphatic heterocycles. The van der Waals surface area contributed by atoms with Crippen molar-refractivity contribution in [2.45, 2.75) is 26.8 Å². The van der Waals surface area contributed by atoms with Crippen LogP contribution in [0.15, 0.2) is 30.3 Å². The van der Waals surface area contributed by atoms with E-state index in [9.17, 15) is 4.79 Å². The zero-order chi connectivity index (χ0) is 18.7. The molecule has 1 heterocycles. The highest BCUT2D eigenvalue weighted by molar-refractivity contribution is 5.92. The summed E-state index contributed by atoms with van der Waals surface area (Å²) in [6, 6.07) is 10.1. The van der Waals surface area contributed by atoms with Gasteiger partial charge in [0.25, 0.3) is 5.91 Å². The topological polar surface area (TPSA) is 52.0 Å². The molecule has 0 radical (unpaired) electrons. The van der Waals surface area contributed by atoms with E-state index in [1.807, 2.05) is 25.1 Å². The number of methoxy groups -OCH3 is 2. The maximum Gasteiger partial charge on any atom is 0.279 e. The van der Waals surface area contributed by atoms with Crippen molar-refractivity contribution in [2.24, 2.45) is 0 Å². The third kappa shape index (κ3) is 3.83. The minimum Gasteiger partial charge on any atom is -0.493 e. The number of hydrogen-bond acceptors (Lipinski definition) is 3. The quantitative estimate of drug-likeness (QED) is 0.861. The van der Waals surface area contributed by atoms with Gasteiger partial charge in [-0.15, -0.1) is 0 Å². The number of amides is 1. The lowest BCUT2D eigenvalue weighted by atomic mass is 9.99. The molecule has 0 aliphatic carbocycles. The molecule has 2 aromatic carbocycles. The van der Waals surface area contributed by atoms with Gasteiger partial charge >= 0.3 is 0 Å². The molecular formula is C21H27N2O3+. The van der Waals surface area contributed by atoms with E-state index in [0.29, 0.717) is 6.54 Å². The Morgan fingerprint density at radius 3 is 2.50 bits per heavy atom. The van der Waals surface area contributed by atoms with E-state index in [1.54, 1.807) is 14.2 Å². The average Bonchev–Trinajstić information content (AvgIpc) is 2.64. The second-order valence-corrected chi connectivity index (χ2v) is 6.88. The summed E-state index contributed by atoms with van der Waals surface area (Å²) in [4.78, 5) is 13.8. The Balaban J connectivity index is 1.67. The van der Waals surface area contributed by atoms with Crippen LogP contribution in [0.4, 0.5) is 5.69 Å². The number of nitrogens with one attached hydrogen (secondary N) is 2. The first kappa shape index (κ1) is 18.3. The molecule has 5 nitrogen and oxygen atoms in total. The number of carbonyl (C=O) groups is 1. The molecule has 5 heteroatoms. The number of fused-ring (bicyclic) bond motifs is 1. The molecule has 2 N–H and O–H groups in total. The van der Waals surface area contributed by atoms with Crippen molar-refractivity contribution in [1.29, 1.82) is 0 Å². The molecule has 1 aliphatic rings. The van der Waals surface area contributed by atoms with Gasteiger partial charge in [0.15, 0.2) is 18.0 Å². The highest BCUT2D eigenvalue weighted by Crippen LogP contribution is 2.31. The summed E-state index contributed by atoms with van der Waals surface area (Å²) >= 11 is 0. The highest BCUT2D eigenvalue weighted by Gasteiger charge is 2.24. The number of rotatable bonds is 5. The maximum atomic E-state index is 12.5. The van der Waals surface area contributed by atoms with Gasteiger partial charge in [-0.2, -0.15) is 0 Å². The first-order valence-corrected chi connectivity index (χ1v) is 8.95. The van der Waals surface area contributed by atoms with Gasteiger partial charge in [0.2, 0.25) is 0 Å². The highest BCUT2D eigenvalue weighted by atomic mass is 16.5. The van der Waals surface area contributed by atoms with Crippen LogP contribution in [0.25, 0.3) is 0 Å². The first-order chi connectivity index (χ1) is 12.5. The lowest BCUT2D eigenvalue weighted by molar-refractivity contribution is -0.907. The van der Waals surface area contributed by atoms with Crippen LogP contribution in [0.5, 0.6) is 11.5 Å². The van der Waals surface area contributed by atoms with E-state index in [-0.39, 0.29) is 5.91 Å². The van der Waals surface area contributed by atoms with Crippen LogP contribution in [0.1, 0.15) is 22.3 Å². The van der Waals surface area contributed by atoms with Crippen molar-refractivity contribution < 1.29 is 19.2 Å². The third-order valence-corrected chi connectivity index (χ3v) is 5.18. The fourth-order valence-corrected chi connectivity index (χ4v) is 3.49. The number of anilines is 1. The van der Waals surface area contributed by atoms with Crippen LogP contribution >= 0.6 is 0 Å². The number of benzene rings is 2. The number of quaternary nitrogens is 1. The molecule has 0 aromatic heterocycles. The Bertz CT molecular complexity index is 817. The van der Waals surface area contributed by atoms with E-state index in [0.717, 1.165) is 42.3 Å². The number of ether oxygens (including phenoxy) is 2. The first-order valence-electron chi connectivity index (χ1n) is 8.95. The van der Waals surface area contributed by atoms with Gasteiger partial charge in [-0.05, 0) is 48.7 Å². The Labute approximate surface area is 154 Å². The van der Waals surface area contributed by atoms with Crippen molar-refractivity contribution in [3.8, 4) is 11.5 Å². The molecule has 138 valence electrons. The van der Waals surface area contributed by atoms with E-state index < -0.39 is 0 Å². The second-order valence-electron chi connectivity index (χ2n) is 6.88. The maximum absolute atomic E-state index is 12.5. The second kappa shape index (κ2) is 7.79. The van der Waals surface area contributed by atoms with Gasteiger partial charge in [0.1, 0.15) is 6.54 Å². The molecule has 26 heavy (non-hydrogen) atoms. The van der Waals surface area contributed by atoms with Crippen molar-refractivity contribution in [1.82, 2.24) is 0 Å². The summed E-state index contributed by atoms with van der Waals surface area (Å²) in [5.74, 6) is 1.56. The van der Waals surface area contributed by atoms with Crippen LogP contribution < -0.4 is 19.7 Å². The molecule has 2 aromatic rings. The molecule has 0 saturated carbocycles. The molecule has 0 spiro atoms. The Morgan fingerprint density at radius 1 is 1.12 bits per heavy atom. The standard InChI is InChI=1S/C21H26N2O3/c1-14-6-5-7-18(15(14)2)22-21(24)13-23-9-8-16-10-19(25-3)20(26-4)11-17(16)12-23/h5-7,10-11H,8-9,12-13H2,1-4H3,(H,22,24)/p+1. The molecular weight excluding hydrogens is 328 g/mol. The van der Waals surface area contributed by atoms with Crippen molar-refractivity contribution in [2.75, 3.05) is 32.6 Å². The lowest BCUT2D eigenvalue weighted by Gasteiger charge is -2.26. The summed E-state index contributed by atoms with van der Waals surface area (Å²) in [5, 5.41) is 3.06. The minimum absolute atomic E-state index is 0.0534. The minimum atomic E-state index is 0.0534. The summed E-state index contributed by atoms with van der Waals surface area (Å²) in [6.07, 6.45) is 0.932. The molecule has 1 unspecified atom stereocenters. The van der Waals surface area contributed by atoms with Crippen molar-refractivity contribution >= 4 is 11.6 Å². The van der Waals surface area contributed by atoms with Crippen molar-refractivity contribution in [3.05, 3.63) is 52.6 Å². The van der Waals surface area contributed by atoms with Crippen LogP contribution in [-0.4, -0.2) is 33.2 Å². The molecule has 0 fully saturated rings. The number of aryl methyl sites for hydroxylation is 1. The molecule has 0 bridgehead atoms. The lowest BCUT2D eigenvalue weighted by Crippen LogP contribution is -3.12. The van der Waals surface area contributed by atoms with Gasteiger partial charge in [0.05, 0.1) is 20.8 Å². The van der Waals surface area contributed by atoms with Crippen LogP contribution in [-0.2, 0) is 17.8 Å². The van der Waals surface area contributed by atoms with Crippen LogP contribution in [0.2, 0.25) is 0 Å². The third-order valence-electron chi connectivity index (χ3n) is 5.18. The fourth-order valence-electron chi connectivity index (χ4n) is 3.49. The van der Waals surface area contributed by atoms with E-state index in [2.05, 4.69) is 24.4 Å². The predicted octanol–water partition coefficient (Wildman–Crippen LogP) is 1.90. The number of carbonyl (C=O) groups excluding carboxylic acids is 1. The van der Waals surface area contributed by atoms with Crippen molar-refractivity contribution in [3.63, 3.8) is 0 Å². The Hall–Kier alpha value is -2.53. The van der Waals surface area contributed by atoms with E-state index in [4.69, 9.17) is 9.47 Å². The molecule has 1 amide bonds. The predicted molar refractivity (Wildman–Crippen MR) is 102 cm³/mol. The van der Waals surface area contributed by atoms with Crippen LogP contribution in [0.3, 0.4) is 0 Å².